The summed E-state index contributed by atoms with van der Waals surface area (Å²) in [7, 11) is 0. The van der Waals surface area contributed by atoms with Gasteiger partial charge in [-0.3, -0.25) is 9.80 Å². The largest absolute Gasteiger partial charge is 0.376 e. The van der Waals surface area contributed by atoms with Gasteiger partial charge in [-0.15, -0.1) is 0 Å². The number of aliphatic hydroxyl groups is 1. The summed E-state index contributed by atoms with van der Waals surface area (Å²) in [5.41, 5.74) is 3.93. The van der Waals surface area contributed by atoms with Gasteiger partial charge in [0.15, 0.2) is 0 Å². The van der Waals surface area contributed by atoms with Gasteiger partial charge in [-0.1, -0.05) is 72.3 Å². The van der Waals surface area contributed by atoms with Crippen LogP contribution in [-0.2, 0) is 18.7 Å². The Kier molecular flexibility index (Phi) is 6.84. The van der Waals surface area contributed by atoms with Gasteiger partial charge in [0.2, 0.25) is 0 Å². The van der Waals surface area contributed by atoms with Gasteiger partial charge in [0.25, 0.3) is 0 Å². The van der Waals surface area contributed by atoms with Crippen LogP contribution >= 0.6 is 11.6 Å². The van der Waals surface area contributed by atoms with Crippen molar-refractivity contribution >= 4 is 11.6 Å². The van der Waals surface area contributed by atoms with Crippen LogP contribution in [0.2, 0.25) is 5.02 Å². The number of rotatable bonds is 7. The molecule has 3 aromatic carbocycles. The average molecular weight is 461 g/mol. The van der Waals surface area contributed by atoms with Crippen LogP contribution in [0.1, 0.15) is 53.5 Å². The molecule has 0 amide bonds. The van der Waals surface area contributed by atoms with Crippen LogP contribution in [0.25, 0.3) is 0 Å². The monoisotopic (exact) mass is 460 g/mol. The average Bonchev–Trinajstić information content (AvgIpc) is 3.55. The second-order valence-corrected chi connectivity index (χ2v) is 10.0. The van der Waals surface area contributed by atoms with E-state index in [0.717, 1.165) is 29.8 Å². The standard InChI is InChI=1S/C29H33ClN2O/c30-28-15-13-27(14-16-28)29(33,25-9-5-23(6-10-25)21-31-17-1-2-18-31)26-11-7-24(8-12-26)22-32-19-3-4-20-32/h5-16,33H,1-4,17-22H2. The molecule has 0 radical (unpaired) electrons. The Morgan fingerprint density at radius 1 is 0.576 bits per heavy atom. The number of hydrogen-bond donors (Lipinski definition) is 1. The highest BCUT2D eigenvalue weighted by atomic mass is 35.5. The van der Waals surface area contributed by atoms with Crippen LogP contribution in [0.15, 0.2) is 72.8 Å². The lowest BCUT2D eigenvalue weighted by Crippen LogP contribution is -2.29. The molecular weight excluding hydrogens is 428 g/mol. The molecule has 172 valence electrons. The smallest absolute Gasteiger partial charge is 0.140 e. The van der Waals surface area contributed by atoms with Gasteiger partial charge >= 0.3 is 0 Å². The third-order valence-corrected chi connectivity index (χ3v) is 7.47. The number of likely N-dealkylation sites (tertiary alicyclic amines) is 2. The lowest BCUT2D eigenvalue weighted by molar-refractivity contribution is 0.125. The Bertz CT molecular complexity index is 973. The molecule has 0 aromatic heterocycles. The fraction of sp³-hybridized carbons (Fsp3) is 0.379. The molecule has 3 nitrogen and oxygen atoms in total. The topological polar surface area (TPSA) is 26.7 Å². The van der Waals surface area contributed by atoms with Gasteiger partial charge in [0, 0.05) is 18.1 Å². The first kappa shape index (κ1) is 22.6. The third kappa shape index (κ3) is 5.02. The third-order valence-electron chi connectivity index (χ3n) is 7.22. The van der Waals surface area contributed by atoms with Gasteiger partial charge < -0.3 is 5.11 Å². The maximum atomic E-state index is 12.2. The Labute approximate surface area is 202 Å². The van der Waals surface area contributed by atoms with Gasteiger partial charge in [0.05, 0.1) is 0 Å². The van der Waals surface area contributed by atoms with Crippen molar-refractivity contribution in [2.75, 3.05) is 26.2 Å². The Balaban J connectivity index is 1.45. The molecule has 33 heavy (non-hydrogen) atoms. The second kappa shape index (κ2) is 9.99. The molecule has 4 heteroatoms. The van der Waals surface area contributed by atoms with E-state index in [1.807, 2.05) is 24.3 Å². The molecule has 0 aliphatic carbocycles. The molecule has 0 unspecified atom stereocenters. The van der Waals surface area contributed by atoms with E-state index in [1.54, 1.807) is 0 Å². The molecule has 2 aliphatic rings. The Hall–Kier alpha value is -2.17. The number of benzene rings is 3. The van der Waals surface area contributed by atoms with Crippen LogP contribution in [-0.4, -0.2) is 41.1 Å². The minimum atomic E-state index is -1.23. The maximum Gasteiger partial charge on any atom is 0.140 e. The van der Waals surface area contributed by atoms with E-state index in [0.29, 0.717) is 5.02 Å². The molecule has 1 N–H and O–H groups in total. The molecule has 2 heterocycles. The van der Waals surface area contributed by atoms with E-state index in [1.165, 1.54) is 63.0 Å². The number of hydrogen-bond acceptors (Lipinski definition) is 3. The van der Waals surface area contributed by atoms with Crippen molar-refractivity contribution in [2.45, 2.75) is 44.4 Å². The minimum Gasteiger partial charge on any atom is -0.376 e. The van der Waals surface area contributed by atoms with Crippen molar-refractivity contribution in [3.8, 4) is 0 Å². The summed E-state index contributed by atoms with van der Waals surface area (Å²) in [4.78, 5) is 5.00. The quantitative estimate of drug-likeness (QED) is 0.450. The Morgan fingerprint density at radius 3 is 1.27 bits per heavy atom. The van der Waals surface area contributed by atoms with Crippen molar-refractivity contribution in [3.63, 3.8) is 0 Å². The summed E-state index contributed by atoms with van der Waals surface area (Å²) in [5, 5.41) is 12.9. The van der Waals surface area contributed by atoms with Crippen molar-refractivity contribution in [2.24, 2.45) is 0 Å². The first-order valence-electron chi connectivity index (χ1n) is 12.2. The van der Waals surface area contributed by atoms with Gasteiger partial charge in [-0.25, -0.2) is 0 Å². The maximum absolute atomic E-state index is 12.2. The lowest BCUT2D eigenvalue weighted by Gasteiger charge is -2.31. The highest BCUT2D eigenvalue weighted by molar-refractivity contribution is 6.30. The summed E-state index contributed by atoms with van der Waals surface area (Å²) in [5.74, 6) is 0. The molecular formula is C29H33ClN2O. The summed E-state index contributed by atoms with van der Waals surface area (Å²) >= 11 is 6.17. The second-order valence-electron chi connectivity index (χ2n) is 9.58. The zero-order valence-corrected chi connectivity index (χ0v) is 20.0. The summed E-state index contributed by atoms with van der Waals surface area (Å²) in [6.07, 6.45) is 5.18. The highest BCUT2D eigenvalue weighted by Gasteiger charge is 2.34. The molecule has 5 rings (SSSR count). The van der Waals surface area contributed by atoms with Gasteiger partial charge in [0.1, 0.15) is 5.60 Å². The van der Waals surface area contributed by atoms with E-state index in [-0.39, 0.29) is 0 Å². The fourth-order valence-corrected chi connectivity index (χ4v) is 5.42. The van der Waals surface area contributed by atoms with Crippen LogP contribution in [0.5, 0.6) is 0 Å². The number of nitrogens with zero attached hydrogens (tertiary/aromatic N) is 2. The lowest BCUT2D eigenvalue weighted by atomic mass is 9.80. The van der Waals surface area contributed by atoms with Crippen LogP contribution in [0.4, 0.5) is 0 Å². The zero-order chi connectivity index (χ0) is 22.7. The van der Waals surface area contributed by atoms with Crippen molar-refractivity contribution < 1.29 is 5.11 Å². The molecule has 0 atom stereocenters. The first-order valence-corrected chi connectivity index (χ1v) is 12.6. The van der Waals surface area contributed by atoms with Gasteiger partial charge in [-0.2, -0.15) is 0 Å². The number of halogens is 1. The van der Waals surface area contributed by atoms with E-state index < -0.39 is 5.60 Å². The van der Waals surface area contributed by atoms with Crippen molar-refractivity contribution in [1.82, 2.24) is 9.80 Å². The molecule has 0 spiro atoms. The molecule has 0 saturated carbocycles. The SMILES string of the molecule is OC(c1ccc(Cl)cc1)(c1ccc(CN2CCCC2)cc1)c1ccc(CN2CCCC2)cc1. The van der Waals surface area contributed by atoms with Crippen LogP contribution in [0.3, 0.4) is 0 Å². The van der Waals surface area contributed by atoms with E-state index in [2.05, 4.69) is 58.3 Å². The molecule has 2 aliphatic heterocycles. The summed E-state index contributed by atoms with van der Waals surface area (Å²) in [6, 6.07) is 24.5. The van der Waals surface area contributed by atoms with Crippen LogP contribution < -0.4 is 0 Å². The Morgan fingerprint density at radius 2 is 0.909 bits per heavy atom. The zero-order valence-electron chi connectivity index (χ0n) is 19.2. The van der Waals surface area contributed by atoms with E-state index in [9.17, 15) is 5.11 Å². The molecule has 3 aromatic rings. The summed E-state index contributed by atoms with van der Waals surface area (Å²) in [6.45, 7) is 6.68. The van der Waals surface area contributed by atoms with Crippen LogP contribution in [0, 0.1) is 0 Å². The highest BCUT2D eigenvalue weighted by Crippen LogP contribution is 2.37. The van der Waals surface area contributed by atoms with Crippen molar-refractivity contribution in [3.05, 3.63) is 106 Å². The van der Waals surface area contributed by atoms with E-state index in [4.69, 9.17) is 11.6 Å². The normalized spacial score (nSPS) is 17.6. The first-order chi connectivity index (χ1) is 16.1. The fourth-order valence-electron chi connectivity index (χ4n) is 5.29. The molecule has 2 saturated heterocycles. The van der Waals surface area contributed by atoms with Gasteiger partial charge in [-0.05, 0) is 91.8 Å². The summed E-state index contributed by atoms with van der Waals surface area (Å²) < 4.78 is 0. The predicted molar refractivity (Wildman–Crippen MR) is 135 cm³/mol. The molecule has 0 bridgehead atoms. The predicted octanol–water partition coefficient (Wildman–Crippen LogP) is 5.82. The van der Waals surface area contributed by atoms with Crippen molar-refractivity contribution in [1.29, 1.82) is 0 Å². The molecule has 2 fully saturated rings. The van der Waals surface area contributed by atoms with E-state index >= 15 is 0 Å². The minimum absolute atomic E-state index is 0.669.